The zero-order valence-electron chi connectivity index (χ0n) is 12.0. The molecule has 2 aromatic carbocycles. The minimum atomic E-state index is 0.428. The highest BCUT2D eigenvalue weighted by molar-refractivity contribution is 5.63. The molecule has 3 rings (SSSR count). The van der Waals surface area contributed by atoms with Gasteiger partial charge in [-0.2, -0.15) is 0 Å². The van der Waals surface area contributed by atoms with Crippen molar-refractivity contribution in [1.29, 1.82) is 0 Å². The predicted octanol–water partition coefficient (Wildman–Crippen LogP) is 4.41. The van der Waals surface area contributed by atoms with Gasteiger partial charge < -0.3 is 5.73 Å². The van der Waals surface area contributed by atoms with Crippen molar-refractivity contribution >= 4 is 0 Å². The van der Waals surface area contributed by atoms with E-state index in [4.69, 9.17) is 5.73 Å². The van der Waals surface area contributed by atoms with Crippen LogP contribution in [0.2, 0.25) is 0 Å². The molecule has 0 aromatic heterocycles. The lowest BCUT2D eigenvalue weighted by Gasteiger charge is -2.26. The van der Waals surface area contributed by atoms with Crippen LogP contribution in [-0.2, 0) is 6.42 Å². The van der Waals surface area contributed by atoms with Crippen molar-refractivity contribution in [1.82, 2.24) is 0 Å². The van der Waals surface area contributed by atoms with Crippen LogP contribution in [0.1, 0.15) is 31.2 Å². The van der Waals surface area contributed by atoms with E-state index in [2.05, 4.69) is 54.6 Å². The summed E-state index contributed by atoms with van der Waals surface area (Å²) in [6.07, 6.45) is 6.23. The number of hydrogen-bond donors (Lipinski definition) is 1. The predicted molar refractivity (Wildman–Crippen MR) is 85.5 cm³/mol. The van der Waals surface area contributed by atoms with Gasteiger partial charge in [0.2, 0.25) is 0 Å². The summed E-state index contributed by atoms with van der Waals surface area (Å²) in [6.45, 7) is 0. The maximum absolute atomic E-state index is 6.08. The molecule has 2 atom stereocenters. The summed E-state index contributed by atoms with van der Waals surface area (Å²) in [5, 5.41) is 0. The third-order valence-electron chi connectivity index (χ3n) is 4.41. The molecule has 20 heavy (non-hydrogen) atoms. The SMILES string of the molecule is N[C@H]1CCC[C@H](Cc2ccc(-c3ccccc3)cc2)C1. The molecule has 1 nitrogen and oxygen atoms in total. The summed E-state index contributed by atoms with van der Waals surface area (Å²) in [6, 6.07) is 20.0. The number of benzene rings is 2. The van der Waals surface area contributed by atoms with Gasteiger partial charge in [0, 0.05) is 6.04 Å². The van der Waals surface area contributed by atoms with Crippen LogP contribution in [0.25, 0.3) is 11.1 Å². The summed E-state index contributed by atoms with van der Waals surface area (Å²) in [5.41, 5.74) is 10.1. The molecule has 0 heterocycles. The van der Waals surface area contributed by atoms with Gasteiger partial charge >= 0.3 is 0 Å². The lowest BCUT2D eigenvalue weighted by atomic mass is 9.82. The van der Waals surface area contributed by atoms with E-state index < -0.39 is 0 Å². The van der Waals surface area contributed by atoms with Crippen molar-refractivity contribution in [3.05, 3.63) is 60.2 Å². The highest BCUT2D eigenvalue weighted by Gasteiger charge is 2.19. The molecular weight excluding hydrogens is 242 g/mol. The van der Waals surface area contributed by atoms with Gasteiger partial charge in [0.05, 0.1) is 0 Å². The van der Waals surface area contributed by atoms with Crippen LogP contribution < -0.4 is 5.73 Å². The van der Waals surface area contributed by atoms with Crippen molar-refractivity contribution in [3.8, 4) is 11.1 Å². The highest BCUT2D eigenvalue weighted by atomic mass is 14.6. The van der Waals surface area contributed by atoms with E-state index in [0.717, 1.165) is 5.92 Å². The summed E-state index contributed by atoms with van der Waals surface area (Å²) in [7, 11) is 0. The van der Waals surface area contributed by atoms with Crippen molar-refractivity contribution in [2.45, 2.75) is 38.1 Å². The van der Waals surface area contributed by atoms with Crippen LogP contribution in [0.4, 0.5) is 0 Å². The Morgan fingerprint density at radius 2 is 1.55 bits per heavy atom. The third-order valence-corrected chi connectivity index (χ3v) is 4.41. The molecule has 1 saturated carbocycles. The fraction of sp³-hybridized carbons (Fsp3) is 0.368. The van der Waals surface area contributed by atoms with Gasteiger partial charge in [0.15, 0.2) is 0 Å². The molecular formula is C19H23N. The second kappa shape index (κ2) is 6.23. The molecule has 2 aromatic rings. The quantitative estimate of drug-likeness (QED) is 0.873. The van der Waals surface area contributed by atoms with Gasteiger partial charge in [-0.1, -0.05) is 67.4 Å². The molecule has 0 aliphatic heterocycles. The molecule has 0 saturated heterocycles. The van der Waals surface area contributed by atoms with Gasteiger partial charge in [-0.15, -0.1) is 0 Å². The van der Waals surface area contributed by atoms with E-state index in [1.165, 1.54) is 48.8 Å². The maximum atomic E-state index is 6.08. The van der Waals surface area contributed by atoms with Crippen LogP contribution in [0.15, 0.2) is 54.6 Å². The average molecular weight is 265 g/mol. The Hall–Kier alpha value is -1.60. The molecule has 0 unspecified atom stereocenters. The lowest BCUT2D eigenvalue weighted by molar-refractivity contribution is 0.321. The van der Waals surface area contributed by atoms with Gasteiger partial charge in [0.25, 0.3) is 0 Å². The molecule has 104 valence electrons. The summed E-state index contributed by atoms with van der Waals surface area (Å²) < 4.78 is 0. The number of hydrogen-bond acceptors (Lipinski definition) is 1. The van der Waals surface area contributed by atoms with Gasteiger partial charge in [0.1, 0.15) is 0 Å². The van der Waals surface area contributed by atoms with Crippen molar-refractivity contribution < 1.29 is 0 Å². The van der Waals surface area contributed by atoms with Crippen LogP contribution in [0.5, 0.6) is 0 Å². The average Bonchev–Trinajstić information content (AvgIpc) is 2.49. The van der Waals surface area contributed by atoms with E-state index in [-0.39, 0.29) is 0 Å². The monoisotopic (exact) mass is 265 g/mol. The van der Waals surface area contributed by atoms with E-state index >= 15 is 0 Å². The van der Waals surface area contributed by atoms with Gasteiger partial charge in [-0.3, -0.25) is 0 Å². The third kappa shape index (κ3) is 3.29. The fourth-order valence-electron chi connectivity index (χ4n) is 3.32. The topological polar surface area (TPSA) is 26.0 Å². The first-order chi connectivity index (χ1) is 9.81. The van der Waals surface area contributed by atoms with E-state index in [0.29, 0.717) is 6.04 Å². The fourth-order valence-corrected chi connectivity index (χ4v) is 3.32. The smallest absolute Gasteiger partial charge is 0.00415 e. The van der Waals surface area contributed by atoms with Crippen LogP contribution >= 0.6 is 0 Å². The Bertz CT molecular complexity index is 529. The Morgan fingerprint density at radius 1 is 0.850 bits per heavy atom. The minimum absolute atomic E-state index is 0.428. The van der Waals surface area contributed by atoms with Crippen molar-refractivity contribution in [2.75, 3.05) is 0 Å². The second-order valence-electron chi connectivity index (χ2n) is 6.06. The van der Waals surface area contributed by atoms with E-state index in [9.17, 15) is 0 Å². The molecule has 0 radical (unpaired) electrons. The van der Waals surface area contributed by atoms with Gasteiger partial charge in [-0.05, 0) is 41.9 Å². The Morgan fingerprint density at radius 3 is 2.25 bits per heavy atom. The van der Waals surface area contributed by atoms with Gasteiger partial charge in [-0.25, -0.2) is 0 Å². The summed E-state index contributed by atoms with van der Waals surface area (Å²) in [4.78, 5) is 0. The molecule has 2 N–H and O–H groups in total. The Balaban J connectivity index is 1.67. The zero-order valence-corrected chi connectivity index (χ0v) is 12.0. The largest absolute Gasteiger partial charge is 0.328 e. The molecule has 0 bridgehead atoms. The van der Waals surface area contributed by atoms with E-state index in [1.54, 1.807) is 0 Å². The van der Waals surface area contributed by atoms with E-state index in [1.807, 2.05) is 0 Å². The maximum Gasteiger partial charge on any atom is 0.00415 e. The number of nitrogens with two attached hydrogens (primary N) is 1. The normalized spacial score (nSPS) is 22.6. The number of rotatable bonds is 3. The lowest BCUT2D eigenvalue weighted by Crippen LogP contribution is -2.28. The van der Waals surface area contributed by atoms with Crippen molar-refractivity contribution in [2.24, 2.45) is 11.7 Å². The Labute approximate surface area is 121 Å². The highest BCUT2D eigenvalue weighted by Crippen LogP contribution is 2.27. The first-order valence-electron chi connectivity index (χ1n) is 7.71. The van der Waals surface area contributed by atoms with Crippen LogP contribution in [0, 0.1) is 5.92 Å². The van der Waals surface area contributed by atoms with Crippen LogP contribution in [0.3, 0.4) is 0 Å². The standard InChI is InChI=1S/C19H23N/c20-19-8-4-5-16(14-19)13-15-9-11-18(12-10-15)17-6-2-1-3-7-17/h1-3,6-7,9-12,16,19H,4-5,8,13-14,20H2/t16-,19+/m1/s1. The molecule has 1 heteroatoms. The minimum Gasteiger partial charge on any atom is -0.328 e. The summed E-state index contributed by atoms with van der Waals surface area (Å²) >= 11 is 0. The summed E-state index contributed by atoms with van der Waals surface area (Å²) in [5.74, 6) is 0.779. The second-order valence-corrected chi connectivity index (χ2v) is 6.06. The molecule has 1 aliphatic rings. The first kappa shape index (κ1) is 13.4. The molecule has 1 fully saturated rings. The first-order valence-corrected chi connectivity index (χ1v) is 7.71. The zero-order chi connectivity index (χ0) is 13.8. The van der Waals surface area contributed by atoms with Crippen LogP contribution in [-0.4, -0.2) is 6.04 Å². The molecule has 1 aliphatic carbocycles. The molecule has 0 amide bonds. The van der Waals surface area contributed by atoms with Crippen molar-refractivity contribution in [3.63, 3.8) is 0 Å². The Kier molecular flexibility index (Phi) is 4.17. The molecule has 0 spiro atoms.